The van der Waals surface area contributed by atoms with E-state index in [0.717, 1.165) is 33.4 Å². The van der Waals surface area contributed by atoms with Crippen molar-refractivity contribution in [3.8, 4) is 5.75 Å². The van der Waals surface area contributed by atoms with Gasteiger partial charge in [0.05, 0.1) is 13.7 Å². The van der Waals surface area contributed by atoms with Gasteiger partial charge in [-0.1, -0.05) is 34.1 Å². The Kier molecular flexibility index (Phi) is 4.83. The molecule has 140 valence electrons. The van der Waals surface area contributed by atoms with Crippen LogP contribution in [-0.4, -0.2) is 36.2 Å². The number of aromatic nitrogens is 1. The lowest BCUT2D eigenvalue weighted by Crippen LogP contribution is -2.41. The van der Waals surface area contributed by atoms with Gasteiger partial charge in [0.2, 0.25) is 0 Å². The molecule has 1 aliphatic heterocycles. The number of fused-ring (bicyclic) bond motifs is 3. The standard InChI is InChI=1S/C21H21BrN2O3/c1-3-27-21(25)24-12-11-15-18-16(22)5-4-6-17(18)23-19(15)20(24)13-7-9-14(26-2)10-8-13/h4-10,20,23H,3,11-12H2,1-2H3. The van der Waals surface area contributed by atoms with E-state index in [1.807, 2.05) is 37.3 Å². The lowest BCUT2D eigenvalue weighted by molar-refractivity contribution is 0.0932. The van der Waals surface area contributed by atoms with E-state index in [9.17, 15) is 4.79 Å². The number of benzene rings is 2. The van der Waals surface area contributed by atoms with E-state index in [1.165, 1.54) is 10.9 Å². The fourth-order valence-corrected chi connectivity index (χ4v) is 4.44. The molecule has 5 nitrogen and oxygen atoms in total. The van der Waals surface area contributed by atoms with Gasteiger partial charge in [-0.15, -0.1) is 0 Å². The maximum atomic E-state index is 12.7. The molecule has 1 atom stereocenters. The van der Waals surface area contributed by atoms with Gasteiger partial charge in [-0.25, -0.2) is 4.79 Å². The quantitative estimate of drug-likeness (QED) is 0.635. The van der Waals surface area contributed by atoms with Crippen LogP contribution in [0.5, 0.6) is 5.75 Å². The zero-order valence-electron chi connectivity index (χ0n) is 15.3. The van der Waals surface area contributed by atoms with Crippen molar-refractivity contribution < 1.29 is 14.3 Å². The van der Waals surface area contributed by atoms with Gasteiger partial charge in [0, 0.05) is 27.6 Å². The second-order valence-electron chi connectivity index (χ2n) is 6.50. The summed E-state index contributed by atoms with van der Waals surface area (Å²) in [4.78, 5) is 18.0. The van der Waals surface area contributed by atoms with Crippen LogP contribution in [0, 0.1) is 0 Å². The van der Waals surface area contributed by atoms with Crippen molar-refractivity contribution in [2.45, 2.75) is 19.4 Å². The second kappa shape index (κ2) is 7.27. The number of methoxy groups -OCH3 is 1. The number of amides is 1. The summed E-state index contributed by atoms with van der Waals surface area (Å²) < 4.78 is 11.7. The maximum absolute atomic E-state index is 12.7. The molecule has 1 amide bonds. The lowest BCUT2D eigenvalue weighted by atomic mass is 9.92. The zero-order valence-corrected chi connectivity index (χ0v) is 16.9. The van der Waals surface area contributed by atoms with E-state index in [0.29, 0.717) is 13.2 Å². The molecule has 1 aliphatic rings. The van der Waals surface area contributed by atoms with Crippen LogP contribution in [-0.2, 0) is 11.2 Å². The first kappa shape index (κ1) is 17.9. The Morgan fingerprint density at radius 1 is 1.26 bits per heavy atom. The van der Waals surface area contributed by atoms with E-state index in [2.05, 4.69) is 33.0 Å². The largest absolute Gasteiger partial charge is 0.497 e. The molecule has 3 aromatic rings. The number of nitrogens with zero attached hydrogens (tertiary/aromatic N) is 1. The highest BCUT2D eigenvalue weighted by Crippen LogP contribution is 2.41. The maximum Gasteiger partial charge on any atom is 0.410 e. The van der Waals surface area contributed by atoms with Crippen molar-refractivity contribution in [2.75, 3.05) is 20.3 Å². The predicted molar refractivity (Wildman–Crippen MR) is 108 cm³/mol. The molecule has 0 saturated carbocycles. The van der Waals surface area contributed by atoms with E-state index in [1.54, 1.807) is 12.0 Å². The topological polar surface area (TPSA) is 54.6 Å². The Morgan fingerprint density at radius 2 is 2.04 bits per heavy atom. The normalized spacial score (nSPS) is 16.3. The van der Waals surface area contributed by atoms with Crippen LogP contribution in [0.4, 0.5) is 4.79 Å². The van der Waals surface area contributed by atoms with Gasteiger partial charge in [-0.2, -0.15) is 0 Å². The average Bonchev–Trinajstić information content (AvgIpc) is 3.07. The molecule has 6 heteroatoms. The number of ether oxygens (including phenoxy) is 2. The molecule has 1 aromatic heterocycles. The van der Waals surface area contributed by atoms with Gasteiger partial charge in [0.25, 0.3) is 0 Å². The average molecular weight is 429 g/mol. The molecule has 1 unspecified atom stereocenters. The first-order chi connectivity index (χ1) is 13.1. The van der Waals surface area contributed by atoms with Gasteiger partial charge in [-0.3, -0.25) is 4.90 Å². The molecular weight excluding hydrogens is 408 g/mol. The Labute approximate surface area is 166 Å². The summed E-state index contributed by atoms with van der Waals surface area (Å²) in [5.74, 6) is 0.789. The predicted octanol–water partition coefficient (Wildman–Crippen LogP) is 5.04. The summed E-state index contributed by atoms with van der Waals surface area (Å²) in [6.07, 6.45) is 0.491. The third-order valence-corrected chi connectivity index (χ3v) is 5.69. The van der Waals surface area contributed by atoms with Crippen molar-refractivity contribution in [2.24, 2.45) is 0 Å². The Hall–Kier alpha value is -2.47. The van der Waals surface area contributed by atoms with E-state index >= 15 is 0 Å². The summed E-state index contributed by atoms with van der Waals surface area (Å²) in [6.45, 7) is 2.79. The molecule has 0 fully saturated rings. The van der Waals surface area contributed by atoms with Crippen LogP contribution < -0.4 is 4.74 Å². The summed E-state index contributed by atoms with van der Waals surface area (Å²) in [6, 6.07) is 13.8. The van der Waals surface area contributed by atoms with Crippen molar-refractivity contribution in [1.29, 1.82) is 0 Å². The number of carbonyl (C=O) groups excluding carboxylic acids is 1. The van der Waals surface area contributed by atoms with Gasteiger partial charge in [0.15, 0.2) is 0 Å². The van der Waals surface area contributed by atoms with E-state index in [4.69, 9.17) is 9.47 Å². The second-order valence-corrected chi connectivity index (χ2v) is 7.35. The highest BCUT2D eigenvalue weighted by atomic mass is 79.9. The molecule has 2 heterocycles. The minimum absolute atomic E-state index is 0.224. The summed E-state index contributed by atoms with van der Waals surface area (Å²) in [5, 5.41) is 1.19. The number of carbonyl (C=O) groups is 1. The number of hydrogen-bond acceptors (Lipinski definition) is 3. The minimum Gasteiger partial charge on any atom is -0.497 e. The third-order valence-electron chi connectivity index (χ3n) is 5.03. The molecule has 0 spiro atoms. The smallest absolute Gasteiger partial charge is 0.410 e. The monoisotopic (exact) mass is 428 g/mol. The van der Waals surface area contributed by atoms with Crippen molar-refractivity contribution >= 4 is 32.9 Å². The summed E-state index contributed by atoms with van der Waals surface area (Å²) in [7, 11) is 1.65. The molecular formula is C21H21BrN2O3. The van der Waals surface area contributed by atoms with Gasteiger partial charge in [-0.05, 0) is 48.7 Å². The first-order valence-electron chi connectivity index (χ1n) is 9.00. The van der Waals surface area contributed by atoms with Gasteiger partial charge >= 0.3 is 6.09 Å². The van der Waals surface area contributed by atoms with Crippen LogP contribution in [0.25, 0.3) is 10.9 Å². The number of rotatable bonds is 3. The molecule has 0 bridgehead atoms. The number of nitrogens with one attached hydrogen (secondary N) is 1. The molecule has 1 N–H and O–H groups in total. The van der Waals surface area contributed by atoms with Crippen LogP contribution in [0.1, 0.15) is 29.8 Å². The Bertz CT molecular complexity index is 981. The van der Waals surface area contributed by atoms with Crippen molar-refractivity contribution in [3.05, 3.63) is 63.8 Å². The Morgan fingerprint density at radius 3 is 2.74 bits per heavy atom. The molecule has 2 aromatic carbocycles. The Balaban J connectivity index is 1.87. The number of halogens is 1. The third kappa shape index (κ3) is 3.08. The number of H-pyrrole nitrogens is 1. The molecule has 4 rings (SSSR count). The van der Waals surface area contributed by atoms with Gasteiger partial charge < -0.3 is 14.5 Å². The van der Waals surface area contributed by atoms with Crippen molar-refractivity contribution in [1.82, 2.24) is 9.88 Å². The summed E-state index contributed by atoms with van der Waals surface area (Å²) >= 11 is 3.68. The number of hydrogen-bond donors (Lipinski definition) is 1. The van der Waals surface area contributed by atoms with Gasteiger partial charge in [0.1, 0.15) is 11.8 Å². The van der Waals surface area contributed by atoms with Crippen LogP contribution >= 0.6 is 15.9 Å². The van der Waals surface area contributed by atoms with E-state index < -0.39 is 0 Å². The minimum atomic E-state index is -0.290. The SMILES string of the molecule is CCOC(=O)N1CCc2c([nH]c3cccc(Br)c23)C1c1ccc(OC)cc1. The first-order valence-corrected chi connectivity index (χ1v) is 9.79. The highest BCUT2D eigenvalue weighted by molar-refractivity contribution is 9.10. The molecule has 0 radical (unpaired) electrons. The van der Waals surface area contributed by atoms with Crippen molar-refractivity contribution in [3.63, 3.8) is 0 Å². The number of aromatic amines is 1. The molecule has 27 heavy (non-hydrogen) atoms. The van der Waals surface area contributed by atoms with Crippen LogP contribution in [0.15, 0.2) is 46.9 Å². The molecule has 0 aliphatic carbocycles. The zero-order chi connectivity index (χ0) is 19.0. The molecule has 0 saturated heterocycles. The fourth-order valence-electron chi connectivity index (χ4n) is 3.84. The van der Waals surface area contributed by atoms with E-state index in [-0.39, 0.29) is 12.1 Å². The highest BCUT2D eigenvalue weighted by Gasteiger charge is 2.35. The lowest BCUT2D eigenvalue weighted by Gasteiger charge is -2.35. The van der Waals surface area contributed by atoms with Crippen LogP contribution in [0.2, 0.25) is 0 Å². The van der Waals surface area contributed by atoms with Crippen LogP contribution in [0.3, 0.4) is 0 Å². The fraction of sp³-hybridized carbons (Fsp3) is 0.286. The summed E-state index contributed by atoms with van der Waals surface area (Å²) in [5.41, 5.74) is 4.38.